The molecular formula is C16H14BrF5N6OS. The Balaban J connectivity index is 1.92. The molecule has 0 saturated heterocycles. The molecule has 0 saturated carbocycles. The number of nitrogens with zero attached hydrogens (tertiary/aromatic N) is 5. The molecule has 1 aromatic carbocycles. The van der Waals surface area contributed by atoms with Gasteiger partial charge in [0.1, 0.15) is 22.7 Å². The topological polar surface area (TPSA) is 85.6 Å². The summed E-state index contributed by atoms with van der Waals surface area (Å²) < 4.78 is 66.8. The van der Waals surface area contributed by atoms with Crippen molar-refractivity contribution in [2.75, 3.05) is 0 Å². The molecule has 14 heteroatoms. The lowest BCUT2D eigenvalue weighted by Gasteiger charge is -2.40. The van der Waals surface area contributed by atoms with Crippen molar-refractivity contribution in [1.29, 1.82) is 0 Å². The maximum Gasteiger partial charge on any atom is 0.310 e. The van der Waals surface area contributed by atoms with E-state index >= 15 is 0 Å². The van der Waals surface area contributed by atoms with Crippen molar-refractivity contribution >= 4 is 32.1 Å². The molecule has 2 heterocycles. The molecule has 1 N–H and O–H groups in total. The number of hydrogen-bond donors (Lipinski definition) is 1. The lowest BCUT2D eigenvalue weighted by molar-refractivity contribution is 0.0938. The van der Waals surface area contributed by atoms with E-state index in [0.29, 0.717) is 5.82 Å². The van der Waals surface area contributed by atoms with Crippen LogP contribution in [0.25, 0.3) is 5.82 Å². The second kappa shape index (κ2) is 6.70. The Bertz CT molecular complexity index is 1140. The molecule has 162 valence electrons. The molecule has 0 bridgehead atoms. The highest BCUT2D eigenvalue weighted by molar-refractivity contribution is 9.10. The van der Waals surface area contributed by atoms with Crippen LogP contribution in [0.1, 0.15) is 34.8 Å². The third-order valence-corrected chi connectivity index (χ3v) is 5.45. The summed E-state index contributed by atoms with van der Waals surface area (Å²) in [4.78, 5) is 22.6. The van der Waals surface area contributed by atoms with E-state index in [9.17, 15) is 24.2 Å². The summed E-state index contributed by atoms with van der Waals surface area (Å²) in [5.74, 6) is -0.299. The lowest BCUT2D eigenvalue weighted by Crippen LogP contribution is -2.28. The van der Waals surface area contributed by atoms with Crippen LogP contribution in [-0.4, -0.2) is 30.6 Å². The van der Waals surface area contributed by atoms with Gasteiger partial charge in [0.05, 0.1) is 6.04 Å². The summed E-state index contributed by atoms with van der Waals surface area (Å²) in [6.45, 7) is 3.17. The maximum atomic E-state index is 13.2. The zero-order valence-electron chi connectivity index (χ0n) is 15.4. The predicted molar refractivity (Wildman–Crippen MR) is 103 cm³/mol. The van der Waals surface area contributed by atoms with Crippen LogP contribution in [0.2, 0.25) is 0 Å². The van der Waals surface area contributed by atoms with Gasteiger partial charge in [0, 0.05) is 22.4 Å². The summed E-state index contributed by atoms with van der Waals surface area (Å²) >= 11 is 2.74. The first-order valence-corrected chi connectivity index (χ1v) is 10.9. The van der Waals surface area contributed by atoms with Crippen molar-refractivity contribution < 1.29 is 24.2 Å². The van der Waals surface area contributed by atoms with Gasteiger partial charge < -0.3 is 5.32 Å². The normalized spacial score (nSPS) is 15.2. The van der Waals surface area contributed by atoms with E-state index < -0.39 is 32.6 Å². The van der Waals surface area contributed by atoms with E-state index in [1.807, 2.05) is 0 Å². The van der Waals surface area contributed by atoms with Crippen LogP contribution in [0.5, 0.6) is 0 Å². The van der Waals surface area contributed by atoms with E-state index in [0.717, 1.165) is 6.07 Å². The van der Waals surface area contributed by atoms with Crippen molar-refractivity contribution in [3.63, 3.8) is 0 Å². The lowest BCUT2D eigenvalue weighted by atomic mass is 10.1. The largest absolute Gasteiger partial charge is 0.344 e. The molecule has 2 aromatic heterocycles. The summed E-state index contributed by atoms with van der Waals surface area (Å²) in [6, 6.07) is 0.517. The number of hydrogen-bond acceptors (Lipinski definition) is 5. The van der Waals surface area contributed by atoms with Gasteiger partial charge in [-0.15, -0.1) is 0 Å². The minimum Gasteiger partial charge on any atom is -0.344 e. The number of aryl methyl sites for hydroxylation is 1. The Morgan fingerprint density at radius 3 is 2.37 bits per heavy atom. The molecular weight excluding hydrogens is 499 g/mol. The zero-order chi connectivity index (χ0) is 22.4. The number of nitrogens with one attached hydrogen (secondary N) is 1. The van der Waals surface area contributed by atoms with Crippen molar-refractivity contribution in [1.82, 2.24) is 30.0 Å². The number of carbonyl (C=O) groups is 1. The molecule has 0 aliphatic rings. The van der Waals surface area contributed by atoms with Crippen LogP contribution >= 0.6 is 26.2 Å². The fourth-order valence-corrected chi connectivity index (χ4v) is 3.88. The summed E-state index contributed by atoms with van der Waals surface area (Å²) in [5.41, 5.74) is -0.347. The van der Waals surface area contributed by atoms with Crippen molar-refractivity contribution in [3.05, 3.63) is 58.5 Å². The highest BCUT2D eigenvalue weighted by Gasteiger charge is 2.65. The van der Waals surface area contributed by atoms with Crippen LogP contribution in [0.3, 0.4) is 0 Å². The van der Waals surface area contributed by atoms with Gasteiger partial charge in [0.15, 0.2) is 5.82 Å². The first-order valence-electron chi connectivity index (χ1n) is 8.19. The molecule has 3 aromatic rings. The predicted octanol–water partition coefficient (Wildman–Crippen LogP) is 5.28. The second-order valence-corrected chi connectivity index (χ2v) is 9.67. The molecule has 1 atom stereocenters. The SMILES string of the molecule is Cc1ncn(-c2nccnc2C(C)NC(=O)c2cc(Br)cc(S(F)(F)(F)(F)F)c2)n1. The molecule has 0 aliphatic heterocycles. The smallest absolute Gasteiger partial charge is 0.310 e. The number of rotatable bonds is 5. The molecule has 3 rings (SSSR count). The minimum absolute atomic E-state index is 0.118. The van der Waals surface area contributed by atoms with Gasteiger partial charge in [-0.2, -0.15) is 5.10 Å². The molecule has 0 radical (unpaired) electrons. The van der Waals surface area contributed by atoms with Crippen LogP contribution in [-0.2, 0) is 0 Å². The Morgan fingerprint density at radius 1 is 1.10 bits per heavy atom. The molecule has 1 unspecified atom stereocenters. The van der Waals surface area contributed by atoms with E-state index in [2.05, 4.69) is 41.3 Å². The average molecular weight is 513 g/mol. The second-order valence-electron chi connectivity index (χ2n) is 6.34. The van der Waals surface area contributed by atoms with Gasteiger partial charge in [-0.1, -0.05) is 35.4 Å². The van der Waals surface area contributed by atoms with Gasteiger partial charge in [-0.3, -0.25) is 9.78 Å². The Morgan fingerprint density at radius 2 is 1.77 bits per heavy atom. The van der Waals surface area contributed by atoms with Crippen LogP contribution in [0.15, 0.2) is 46.3 Å². The van der Waals surface area contributed by atoms with E-state index in [-0.39, 0.29) is 28.1 Å². The van der Waals surface area contributed by atoms with Crippen LogP contribution in [0.4, 0.5) is 19.4 Å². The number of carbonyl (C=O) groups excluding carboxylic acids is 1. The third-order valence-electron chi connectivity index (χ3n) is 3.87. The standard InChI is InChI=1S/C16H14BrF5N6OS/c1-9(14-15(24-4-3-23-14)28-8-25-10(2)27-28)26-16(29)11-5-12(17)7-13(6-11)30(18,19,20,21)22/h3-9H,1-2H3,(H,26,29). The first-order chi connectivity index (χ1) is 13.6. The van der Waals surface area contributed by atoms with Gasteiger partial charge in [-0.05, 0) is 32.0 Å². The van der Waals surface area contributed by atoms with E-state index in [1.54, 1.807) is 6.92 Å². The Labute approximate surface area is 175 Å². The summed E-state index contributed by atoms with van der Waals surface area (Å²) in [6.07, 6.45) is 4.13. The molecule has 30 heavy (non-hydrogen) atoms. The number of halogens is 6. The van der Waals surface area contributed by atoms with Gasteiger partial charge in [-0.25, -0.2) is 14.6 Å². The van der Waals surface area contributed by atoms with E-state index in [4.69, 9.17) is 0 Å². The van der Waals surface area contributed by atoms with Crippen LogP contribution in [0, 0.1) is 6.92 Å². The Kier molecular flexibility index (Phi) is 4.93. The van der Waals surface area contributed by atoms with Gasteiger partial charge in [0.25, 0.3) is 5.91 Å². The van der Waals surface area contributed by atoms with E-state index in [1.165, 1.54) is 30.3 Å². The summed E-state index contributed by atoms with van der Waals surface area (Å²) in [5, 5.41) is 6.54. The van der Waals surface area contributed by atoms with Crippen molar-refractivity contribution in [2.24, 2.45) is 0 Å². The highest BCUT2D eigenvalue weighted by atomic mass is 79.9. The maximum absolute atomic E-state index is 13.2. The van der Waals surface area contributed by atoms with Crippen molar-refractivity contribution in [3.8, 4) is 5.82 Å². The highest BCUT2D eigenvalue weighted by Crippen LogP contribution is 3.02. The number of benzene rings is 1. The fourth-order valence-electron chi connectivity index (χ4n) is 2.54. The van der Waals surface area contributed by atoms with Gasteiger partial charge in [0.2, 0.25) is 0 Å². The number of amides is 1. The molecule has 0 fully saturated rings. The first kappa shape index (κ1) is 22.1. The Hall–Kier alpha value is -2.61. The molecule has 0 spiro atoms. The van der Waals surface area contributed by atoms with Crippen LogP contribution < -0.4 is 5.32 Å². The third kappa shape index (κ3) is 4.92. The zero-order valence-corrected chi connectivity index (χ0v) is 17.8. The van der Waals surface area contributed by atoms with Gasteiger partial charge >= 0.3 is 10.2 Å². The fraction of sp³-hybridized carbons (Fsp3) is 0.188. The molecule has 1 amide bonds. The summed E-state index contributed by atoms with van der Waals surface area (Å²) in [7, 11) is -9.96. The van der Waals surface area contributed by atoms with Crippen molar-refractivity contribution in [2.45, 2.75) is 24.8 Å². The molecule has 7 nitrogen and oxygen atoms in total. The average Bonchev–Trinajstić information content (AvgIpc) is 3.05. The quantitative estimate of drug-likeness (QED) is 0.470. The molecule has 0 aliphatic carbocycles. The number of aromatic nitrogens is 5. The minimum atomic E-state index is -9.96. The monoisotopic (exact) mass is 512 g/mol.